The zero-order valence-corrected chi connectivity index (χ0v) is 47.5. The minimum absolute atomic E-state index is 0.0163. The molecule has 2 aliphatic heterocycles. The highest BCUT2D eigenvalue weighted by Gasteiger charge is 2.44. The monoisotopic (exact) mass is 1230 g/mol. The predicted molar refractivity (Wildman–Crippen MR) is 296 cm³/mol. The number of hydrogen-bond donors (Lipinski definition) is 11. The second-order valence-electron chi connectivity index (χ2n) is 16.7. The fourth-order valence-electron chi connectivity index (χ4n) is 7.51. The van der Waals surface area contributed by atoms with E-state index in [1.54, 1.807) is 36.4 Å². The Kier molecular flexibility index (Phi) is 23.2. The van der Waals surface area contributed by atoms with Crippen LogP contribution in [0.15, 0.2) is 74.8 Å². The maximum Gasteiger partial charge on any atom is 0.490 e. The average Bonchev–Trinajstić information content (AvgIpc) is 3.89. The van der Waals surface area contributed by atoms with Crippen molar-refractivity contribution >= 4 is 100 Å². The summed E-state index contributed by atoms with van der Waals surface area (Å²) in [5.74, 6) is 5.55. The number of unbranched alkanes of at least 4 members (excludes halogenated alkanes) is 2. The third-order valence-corrected chi connectivity index (χ3v) is 19.0. The largest absolute Gasteiger partial charge is 0.490 e. The number of anilines is 1. The van der Waals surface area contributed by atoms with Crippen LogP contribution < -0.4 is 38.3 Å². The molecule has 1 aromatic heterocycles. The molecule has 6 atom stereocenters. The van der Waals surface area contributed by atoms with Crippen LogP contribution in [0.25, 0.3) is 33.4 Å². The summed E-state index contributed by atoms with van der Waals surface area (Å²) in [5.41, 5.74) is 6.54. The normalized spacial score (nSPS) is 17.3. The van der Waals surface area contributed by atoms with Crippen molar-refractivity contribution in [1.82, 2.24) is 25.5 Å². The van der Waals surface area contributed by atoms with Crippen LogP contribution in [0, 0.1) is 17.3 Å². The number of aromatic carboxylic acids is 1. The number of carboxylic acids is 1. The van der Waals surface area contributed by atoms with Gasteiger partial charge in [0, 0.05) is 78.0 Å². The zero-order valence-electron chi connectivity index (χ0n) is 41.6. The lowest BCUT2D eigenvalue weighted by molar-refractivity contribution is -0.0545. The molecule has 0 saturated carbocycles. The molecule has 12 N–H and O–H groups in total. The number of nitrogens with zero attached hydrogens (tertiary/aromatic N) is 1. The number of H-pyrrole nitrogens is 1. The quantitative estimate of drug-likeness (QED) is 0.00625. The van der Waals surface area contributed by atoms with Crippen molar-refractivity contribution < 1.29 is 84.5 Å². The number of carbonyl (C=O) groups excluding carboxylic acids is 2. The number of ether oxygens (including phenoxy) is 3. The van der Waals surface area contributed by atoms with Crippen LogP contribution in [0.3, 0.4) is 0 Å². The number of urea groups is 1. The minimum Gasteiger partial charge on any atom is -0.478 e. The van der Waals surface area contributed by atoms with Crippen LogP contribution in [0.2, 0.25) is 0 Å². The molecular formula is C45H54N7O20P3S4. The highest BCUT2D eigenvalue weighted by atomic mass is 33.1. The Bertz CT molecular complexity index is 3420. The summed E-state index contributed by atoms with van der Waals surface area (Å²) in [6.45, 7) is 1.93. The summed E-state index contributed by atoms with van der Waals surface area (Å²) in [7, 11) is -14.6. The number of fused-ring (bicyclic) bond motifs is 2. The molecular weight excluding hydrogens is 1180 g/mol. The fraction of sp³-hybridized carbons (Fsp3) is 0.378. The van der Waals surface area contributed by atoms with Crippen LogP contribution in [0.5, 0.6) is 0 Å². The number of nitrogens with one attached hydrogen (secondary N) is 5. The maximum absolute atomic E-state index is 13.3. The molecule has 0 radical (unpaired) electrons. The number of amides is 3. The van der Waals surface area contributed by atoms with Gasteiger partial charge >= 0.3 is 41.2 Å². The third-order valence-electron chi connectivity index (χ3n) is 11.0. The molecule has 79 heavy (non-hydrogen) atoms. The van der Waals surface area contributed by atoms with Gasteiger partial charge in [-0.1, -0.05) is 49.8 Å². The van der Waals surface area contributed by atoms with Crippen molar-refractivity contribution in [2.75, 3.05) is 62.0 Å². The predicted octanol–water partition coefficient (Wildman–Crippen LogP) is 4.49. The smallest absolute Gasteiger partial charge is 0.478 e. The van der Waals surface area contributed by atoms with Gasteiger partial charge in [-0.3, -0.25) is 23.7 Å². The number of carbonyl (C=O) groups is 3. The zero-order chi connectivity index (χ0) is 57.5. The van der Waals surface area contributed by atoms with Gasteiger partial charge in [0.1, 0.15) is 35.2 Å². The van der Waals surface area contributed by atoms with E-state index in [0.717, 1.165) is 23.6 Å². The SMILES string of the molecule is CCS(=S)COC1C[C@H](n2cc(C#CCNC(=O)NCCCCCOCSSCCNC(=O)c3ccc(C(=O)O)c(-c4c5ccc(=N)cc-5oc5cc(N)ccc45)c3)c(=O)[nH]c2=O)O[C@@H]1COP(=O)(O)OP(=O)(O)OP(=O)(O)O. The lowest BCUT2D eigenvalue weighted by Gasteiger charge is -2.21. The summed E-state index contributed by atoms with van der Waals surface area (Å²) in [4.78, 5) is 103. The highest BCUT2D eigenvalue weighted by Crippen LogP contribution is 2.66. The number of hydrogen-bond acceptors (Lipinski definition) is 20. The number of benzene rings is 3. The van der Waals surface area contributed by atoms with Gasteiger partial charge < -0.3 is 70.4 Å². The van der Waals surface area contributed by atoms with Crippen molar-refractivity contribution in [3.63, 3.8) is 0 Å². The Morgan fingerprint density at radius 3 is 2.49 bits per heavy atom. The summed E-state index contributed by atoms with van der Waals surface area (Å²) in [6, 6.07) is 13.7. The van der Waals surface area contributed by atoms with E-state index in [2.05, 4.69) is 41.4 Å². The molecule has 34 heteroatoms. The Hall–Kier alpha value is -5.06. The van der Waals surface area contributed by atoms with E-state index in [0.29, 0.717) is 82.7 Å². The number of phosphoric acid groups is 3. The van der Waals surface area contributed by atoms with Crippen LogP contribution >= 0.6 is 45.1 Å². The molecule has 3 aromatic rings. The summed E-state index contributed by atoms with van der Waals surface area (Å²) < 4.78 is 71.7. The molecule has 3 amide bonds. The number of phosphoric ester groups is 1. The van der Waals surface area contributed by atoms with Crippen LogP contribution in [-0.4, -0.2) is 121 Å². The maximum atomic E-state index is 13.3. The van der Waals surface area contributed by atoms with Gasteiger partial charge in [-0.05, 0) is 84.2 Å². The molecule has 428 valence electrons. The van der Waals surface area contributed by atoms with Gasteiger partial charge in [-0.15, -0.1) is 0 Å². The first-order chi connectivity index (χ1) is 37.4. The fourth-order valence-corrected chi connectivity index (χ4v) is 12.8. The third kappa shape index (κ3) is 19.3. The van der Waals surface area contributed by atoms with Gasteiger partial charge in [0.25, 0.3) is 11.5 Å². The number of nitrogen functional groups attached to an aromatic ring is 1. The van der Waals surface area contributed by atoms with Crippen molar-refractivity contribution in [2.45, 2.75) is 51.0 Å². The van der Waals surface area contributed by atoms with E-state index in [-0.39, 0.29) is 46.9 Å². The van der Waals surface area contributed by atoms with Crippen molar-refractivity contribution in [3.05, 3.63) is 104 Å². The summed E-state index contributed by atoms with van der Waals surface area (Å²) >= 11 is 5.31. The number of aromatic amines is 1. The first-order valence-corrected chi connectivity index (χ1v) is 33.0. The first-order valence-electron chi connectivity index (χ1n) is 23.5. The lowest BCUT2D eigenvalue weighted by atomic mass is 9.89. The standard InChI is InChI=1S/C45H54N7O20P3S4/c1-2-79(76)26-67-37-22-39(70-38(37)24-68-74(62,63)72-75(64,65)71-73(59,60)61)52-23-28(42(54)51-45(52)58)7-6-15-50-44(57)49-14-4-3-5-17-66-25-78-77-18-16-48-41(53)27-8-11-31(43(55)56)34(19-27)40-32-12-9-29(46)20-35(32)69-36-21-30(47)10-13-33(36)40/h8-13,19-21,23,37-39,46H,2-5,14-18,22,24-26,47H2,1H3,(H,48,53)(H,55,56)(H,62,63)(H,64,65)(H2,49,50,57)(H,51,54,58)(H2,59,60,61)/t37?,38-,39-,79?/m1/s1. The van der Waals surface area contributed by atoms with Gasteiger partial charge in [-0.2, -0.15) is 8.62 Å². The molecule has 6 rings (SSSR count). The highest BCUT2D eigenvalue weighted by molar-refractivity contribution is 8.76. The molecule has 3 aliphatic rings. The lowest BCUT2D eigenvalue weighted by Crippen LogP contribution is -2.36. The Morgan fingerprint density at radius 1 is 0.962 bits per heavy atom. The summed E-state index contributed by atoms with van der Waals surface area (Å²) in [5, 5.41) is 27.1. The van der Waals surface area contributed by atoms with E-state index in [4.69, 9.17) is 55.3 Å². The molecule has 0 bridgehead atoms. The number of aromatic nitrogens is 2. The Morgan fingerprint density at radius 2 is 1.75 bits per heavy atom. The Labute approximate surface area is 464 Å². The van der Waals surface area contributed by atoms with Gasteiger partial charge in [0.2, 0.25) is 0 Å². The van der Waals surface area contributed by atoms with Crippen LogP contribution in [0.4, 0.5) is 10.5 Å². The van der Waals surface area contributed by atoms with Crippen LogP contribution in [-0.2, 0) is 61.7 Å². The van der Waals surface area contributed by atoms with Gasteiger partial charge in [0.05, 0.1) is 36.1 Å². The van der Waals surface area contributed by atoms with Crippen molar-refractivity contribution in [1.29, 1.82) is 5.41 Å². The molecule has 2 aromatic carbocycles. The van der Waals surface area contributed by atoms with Crippen molar-refractivity contribution in [3.8, 4) is 34.3 Å². The first kappa shape index (κ1) is 63.1. The second kappa shape index (κ2) is 29.1. The van der Waals surface area contributed by atoms with E-state index in [1.807, 2.05) is 6.92 Å². The van der Waals surface area contributed by atoms with E-state index < -0.39 is 81.2 Å². The van der Waals surface area contributed by atoms with E-state index in [1.165, 1.54) is 39.8 Å². The molecule has 4 unspecified atom stereocenters. The number of nitrogens with two attached hydrogens (primary N) is 1. The number of carboxylic acid groups (broad SMARTS) is 1. The van der Waals surface area contributed by atoms with E-state index >= 15 is 0 Å². The topological polar surface area (TPSA) is 413 Å². The second-order valence-corrected chi connectivity index (χ2v) is 26.8. The van der Waals surface area contributed by atoms with Crippen LogP contribution in [0.1, 0.15) is 65.1 Å². The molecule has 1 saturated heterocycles. The van der Waals surface area contributed by atoms with Gasteiger partial charge in [-0.25, -0.2) is 28.1 Å². The molecule has 1 aliphatic carbocycles. The minimum atomic E-state index is -5.80. The van der Waals surface area contributed by atoms with Crippen molar-refractivity contribution in [2.24, 2.45) is 0 Å². The number of rotatable bonds is 28. The molecule has 27 nitrogen and oxygen atoms in total. The molecule has 0 spiro atoms. The van der Waals surface area contributed by atoms with E-state index in [9.17, 15) is 52.6 Å². The van der Waals surface area contributed by atoms with Gasteiger partial charge in [0.15, 0.2) is 0 Å². The molecule has 1 fully saturated rings. The average molecular weight is 1230 g/mol. The summed E-state index contributed by atoms with van der Waals surface area (Å²) in [6.07, 6.45) is -0.278. The molecule has 3 heterocycles. The Balaban J connectivity index is 0.871.